The maximum absolute atomic E-state index is 11.8. The zero-order valence-corrected chi connectivity index (χ0v) is 19.8. The maximum atomic E-state index is 11.8. The predicted molar refractivity (Wildman–Crippen MR) is 112 cm³/mol. The summed E-state index contributed by atoms with van der Waals surface area (Å²) >= 11 is 5.51. The van der Waals surface area contributed by atoms with Crippen molar-refractivity contribution in [3.63, 3.8) is 0 Å². The minimum Gasteiger partial charge on any atom is -0.390 e. The SMILES string of the molecule is Cc1ccc2c(=S)n([C@H]3CC(O)[C@@H](COP(=O)(O)OP(=O)(O)OP(=O)(O)O)O3)ccc2c1. The van der Waals surface area contributed by atoms with Crippen LogP contribution in [0.5, 0.6) is 0 Å². The van der Waals surface area contributed by atoms with Crippen molar-refractivity contribution in [2.75, 3.05) is 6.61 Å². The van der Waals surface area contributed by atoms with Crippen molar-refractivity contribution in [3.8, 4) is 0 Å². The largest absolute Gasteiger partial charge is 0.490 e. The van der Waals surface area contributed by atoms with Gasteiger partial charge in [0.25, 0.3) is 0 Å². The van der Waals surface area contributed by atoms with Crippen molar-refractivity contribution < 1.29 is 56.3 Å². The lowest BCUT2D eigenvalue weighted by atomic mass is 10.1. The quantitative estimate of drug-likeness (QED) is 0.247. The number of pyridine rings is 1. The molecule has 1 aliphatic rings. The van der Waals surface area contributed by atoms with Crippen molar-refractivity contribution in [1.82, 2.24) is 4.57 Å². The van der Waals surface area contributed by atoms with E-state index in [0.717, 1.165) is 16.3 Å². The molecular weight excluding hydrogens is 511 g/mol. The average molecular weight is 531 g/mol. The maximum Gasteiger partial charge on any atom is 0.490 e. The molecule has 1 aliphatic heterocycles. The zero-order chi connectivity index (χ0) is 23.9. The number of nitrogens with zero attached hydrogens (tertiary/aromatic N) is 1. The molecule has 0 saturated carbocycles. The topological polar surface area (TPSA) is 194 Å². The fourth-order valence-corrected chi connectivity index (χ4v) is 6.51. The minimum atomic E-state index is -5.63. The molecule has 3 unspecified atom stereocenters. The molecule has 32 heavy (non-hydrogen) atoms. The molecule has 0 spiro atoms. The Bertz CT molecular complexity index is 1210. The molecule has 13 nitrogen and oxygen atoms in total. The molecule has 1 saturated heterocycles. The third-order valence-corrected chi connectivity index (χ3v) is 8.65. The van der Waals surface area contributed by atoms with Crippen LogP contribution in [0.15, 0.2) is 30.5 Å². The number of rotatable bonds is 8. The number of aliphatic hydroxyl groups is 1. The Hall–Kier alpha value is -0.820. The highest BCUT2D eigenvalue weighted by Crippen LogP contribution is 2.66. The smallest absolute Gasteiger partial charge is 0.390 e. The lowest BCUT2D eigenvalue weighted by Gasteiger charge is -2.20. The summed E-state index contributed by atoms with van der Waals surface area (Å²) in [5, 5.41) is 12.0. The van der Waals surface area contributed by atoms with E-state index in [0.29, 0.717) is 4.64 Å². The fourth-order valence-electron chi connectivity index (χ4n) is 3.12. The highest BCUT2D eigenvalue weighted by atomic mass is 32.1. The van der Waals surface area contributed by atoms with Gasteiger partial charge in [0.2, 0.25) is 0 Å². The van der Waals surface area contributed by atoms with Crippen LogP contribution in [0.4, 0.5) is 0 Å². The van der Waals surface area contributed by atoms with Crippen LogP contribution in [0.2, 0.25) is 0 Å². The van der Waals surface area contributed by atoms with Gasteiger partial charge in [-0.3, -0.25) is 4.52 Å². The molecule has 0 aliphatic carbocycles. The van der Waals surface area contributed by atoms with Crippen LogP contribution < -0.4 is 0 Å². The molecule has 2 aromatic rings. The first kappa shape index (κ1) is 25.8. The van der Waals surface area contributed by atoms with E-state index in [1.165, 1.54) is 0 Å². The summed E-state index contributed by atoms with van der Waals surface area (Å²) in [6, 6.07) is 7.55. The third kappa shape index (κ3) is 6.62. The summed E-state index contributed by atoms with van der Waals surface area (Å²) < 4.78 is 53.4. The van der Waals surface area contributed by atoms with Crippen LogP contribution in [0.1, 0.15) is 18.2 Å². The van der Waals surface area contributed by atoms with Gasteiger partial charge in [-0.1, -0.05) is 36.0 Å². The molecule has 2 heterocycles. The van der Waals surface area contributed by atoms with Crippen molar-refractivity contribution in [2.24, 2.45) is 0 Å². The summed E-state index contributed by atoms with van der Waals surface area (Å²) in [6.45, 7) is 1.20. The van der Waals surface area contributed by atoms with Gasteiger partial charge in [0.05, 0.1) is 12.7 Å². The number of hydrogen-bond donors (Lipinski definition) is 5. The normalized spacial score (nSPS) is 25.5. The first-order valence-electron chi connectivity index (χ1n) is 8.89. The highest BCUT2D eigenvalue weighted by molar-refractivity contribution is 7.71. The van der Waals surface area contributed by atoms with Gasteiger partial charge in [0.15, 0.2) is 0 Å². The second-order valence-corrected chi connectivity index (χ2v) is 11.7. The highest BCUT2D eigenvalue weighted by Gasteiger charge is 2.42. The van der Waals surface area contributed by atoms with Crippen LogP contribution in [-0.4, -0.2) is 48.1 Å². The van der Waals surface area contributed by atoms with E-state index in [1.807, 2.05) is 31.2 Å². The van der Waals surface area contributed by atoms with Gasteiger partial charge in [0.1, 0.15) is 17.0 Å². The van der Waals surface area contributed by atoms with Crippen molar-refractivity contribution in [1.29, 1.82) is 0 Å². The Labute approximate surface area is 186 Å². The van der Waals surface area contributed by atoms with E-state index >= 15 is 0 Å². The monoisotopic (exact) mass is 531 g/mol. The number of phosphoric acid groups is 3. The molecule has 1 aromatic heterocycles. The number of fused-ring (bicyclic) bond motifs is 1. The van der Waals surface area contributed by atoms with Gasteiger partial charge in [-0.05, 0) is 18.4 Å². The van der Waals surface area contributed by atoms with Crippen molar-refractivity contribution in [3.05, 3.63) is 40.7 Å². The Morgan fingerprint density at radius 2 is 1.81 bits per heavy atom. The van der Waals surface area contributed by atoms with E-state index in [1.54, 1.807) is 10.8 Å². The number of aliphatic hydroxyl groups excluding tert-OH is 1. The molecule has 0 amide bonds. The predicted octanol–water partition coefficient (Wildman–Crippen LogP) is 2.67. The number of benzene rings is 1. The number of phosphoric ester groups is 1. The number of aromatic nitrogens is 1. The second kappa shape index (κ2) is 9.44. The second-order valence-electron chi connectivity index (χ2n) is 6.94. The molecular formula is C15H20NO12P3S. The van der Waals surface area contributed by atoms with Crippen molar-refractivity contribution in [2.45, 2.75) is 31.8 Å². The average Bonchev–Trinajstić information content (AvgIpc) is 2.97. The molecule has 1 fully saturated rings. The van der Waals surface area contributed by atoms with Gasteiger partial charge >= 0.3 is 23.5 Å². The zero-order valence-electron chi connectivity index (χ0n) is 16.3. The summed E-state index contributed by atoms with van der Waals surface area (Å²) in [5.74, 6) is 0. The van der Waals surface area contributed by atoms with Gasteiger partial charge in [0, 0.05) is 18.0 Å². The van der Waals surface area contributed by atoms with E-state index in [-0.39, 0.29) is 6.42 Å². The van der Waals surface area contributed by atoms with Crippen molar-refractivity contribution >= 4 is 46.5 Å². The van der Waals surface area contributed by atoms with E-state index < -0.39 is 48.5 Å². The molecule has 17 heteroatoms. The van der Waals surface area contributed by atoms with E-state index in [9.17, 15) is 23.7 Å². The Balaban J connectivity index is 1.67. The Morgan fingerprint density at radius 3 is 2.47 bits per heavy atom. The minimum absolute atomic E-state index is 0.0656. The van der Waals surface area contributed by atoms with Crippen LogP contribution in [0, 0.1) is 11.6 Å². The first-order chi connectivity index (χ1) is 14.7. The van der Waals surface area contributed by atoms with E-state index in [2.05, 4.69) is 13.1 Å². The summed E-state index contributed by atoms with van der Waals surface area (Å²) in [4.78, 5) is 35.8. The molecule has 178 valence electrons. The summed E-state index contributed by atoms with van der Waals surface area (Å²) in [5.41, 5.74) is 1.06. The summed E-state index contributed by atoms with van der Waals surface area (Å²) in [7, 11) is -16.4. The van der Waals surface area contributed by atoms with Crippen LogP contribution in [0.3, 0.4) is 0 Å². The Morgan fingerprint density at radius 1 is 1.12 bits per heavy atom. The first-order valence-corrected chi connectivity index (χ1v) is 13.8. The molecule has 5 atom stereocenters. The number of hydrogen-bond acceptors (Lipinski definition) is 9. The lowest BCUT2D eigenvalue weighted by molar-refractivity contribution is -0.0438. The van der Waals surface area contributed by atoms with Gasteiger partial charge in [-0.25, -0.2) is 13.7 Å². The van der Waals surface area contributed by atoms with E-state index in [4.69, 9.17) is 31.6 Å². The molecule has 5 N–H and O–H groups in total. The number of ether oxygens (including phenoxy) is 1. The summed E-state index contributed by atoms with van der Waals surface area (Å²) in [6.07, 6.45) is -1.26. The van der Waals surface area contributed by atoms with Gasteiger partial charge in [-0.15, -0.1) is 0 Å². The fraction of sp³-hybridized carbons (Fsp3) is 0.400. The van der Waals surface area contributed by atoms with Gasteiger partial charge in [-0.2, -0.15) is 8.62 Å². The standard InChI is InChI=1S/C15H20NO12P3S/c1-9-2-3-11-10(6-9)4-5-16(15(11)32)14-7-12(17)13(26-14)8-25-30(21,22)28-31(23,24)27-29(18,19)20/h2-6,12-14,17H,7-8H2,1H3,(H,21,22)(H,23,24)(H2,18,19,20)/t12?,13-,14-/m1/s1. The lowest BCUT2D eigenvalue weighted by Crippen LogP contribution is -2.26. The molecule has 0 radical (unpaired) electrons. The third-order valence-electron chi connectivity index (χ3n) is 4.42. The number of aryl methyl sites for hydroxylation is 1. The molecule has 1 aromatic carbocycles. The van der Waals surface area contributed by atoms with Crippen LogP contribution in [-0.2, 0) is 31.6 Å². The Kier molecular flexibility index (Phi) is 7.61. The van der Waals surface area contributed by atoms with Gasteiger partial charge < -0.3 is 34.0 Å². The van der Waals surface area contributed by atoms with Crippen LogP contribution in [0.25, 0.3) is 10.8 Å². The van der Waals surface area contributed by atoms with Crippen LogP contribution >= 0.6 is 35.7 Å². The molecule has 3 rings (SSSR count). The molecule has 0 bridgehead atoms.